The molecular formula is C14H18BrClO. The molecule has 2 rings (SSSR count). The van der Waals surface area contributed by atoms with Crippen LogP contribution in [0.3, 0.4) is 0 Å². The first-order chi connectivity index (χ1) is 8.20. The Balaban J connectivity index is 2.13. The van der Waals surface area contributed by atoms with Crippen LogP contribution < -0.4 is 4.74 Å². The number of halogens is 2. The molecule has 1 aromatic carbocycles. The van der Waals surface area contributed by atoms with Gasteiger partial charge in [-0.3, -0.25) is 0 Å². The lowest BCUT2D eigenvalue weighted by Crippen LogP contribution is -2.21. The van der Waals surface area contributed by atoms with Crippen LogP contribution in [0.25, 0.3) is 0 Å². The minimum atomic E-state index is 0.639. The van der Waals surface area contributed by atoms with Gasteiger partial charge in [-0.25, -0.2) is 0 Å². The summed E-state index contributed by atoms with van der Waals surface area (Å²) in [5.74, 6) is 1.66. The molecule has 0 bridgehead atoms. The molecule has 0 aliphatic heterocycles. The third-order valence-corrected chi connectivity index (χ3v) is 4.98. The van der Waals surface area contributed by atoms with Gasteiger partial charge >= 0.3 is 0 Å². The first-order valence-corrected chi connectivity index (χ1v) is 7.46. The molecule has 1 fully saturated rings. The van der Waals surface area contributed by atoms with Gasteiger partial charge in [-0.05, 0) is 48.9 Å². The highest BCUT2D eigenvalue weighted by Crippen LogP contribution is 2.35. The number of rotatable bonds is 3. The molecule has 0 aromatic heterocycles. The molecule has 0 amide bonds. The van der Waals surface area contributed by atoms with Crippen LogP contribution in [0, 0.1) is 5.92 Å². The zero-order valence-corrected chi connectivity index (χ0v) is 12.4. The first kappa shape index (κ1) is 13.2. The summed E-state index contributed by atoms with van der Waals surface area (Å²) in [6.45, 7) is 0. The molecule has 0 spiro atoms. The lowest BCUT2D eigenvalue weighted by molar-refractivity contribution is 0.362. The summed E-state index contributed by atoms with van der Waals surface area (Å²) in [6, 6.07) is 5.88. The normalized spacial score (nSPS) is 24.6. The Labute approximate surface area is 117 Å². The summed E-state index contributed by atoms with van der Waals surface area (Å²) in [6.07, 6.45) is 6.33. The predicted octanol–water partition coefficient (Wildman–Crippen LogP) is 4.84. The van der Waals surface area contributed by atoms with Crippen molar-refractivity contribution in [1.82, 2.24) is 0 Å². The Hall–Kier alpha value is -0.210. The van der Waals surface area contributed by atoms with E-state index in [1.165, 1.54) is 31.2 Å². The van der Waals surface area contributed by atoms with Gasteiger partial charge in [0.15, 0.2) is 0 Å². The van der Waals surface area contributed by atoms with E-state index in [9.17, 15) is 0 Å². The fourth-order valence-corrected chi connectivity index (χ4v) is 3.55. The maximum atomic E-state index is 6.06. The quantitative estimate of drug-likeness (QED) is 0.724. The van der Waals surface area contributed by atoms with E-state index in [-0.39, 0.29) is 0 Å². The Morgan fingerprint density at radius 1 is 1.35 bits per heavy atom. The van der Waals surface area contributed by atoms with Crippen LogP contribution in [0.15, 0.2) is 18.2 Å². The van der Waals surface area contributed by atoms with Gasteiger partial charge in [-0.15, -0.1) is 0 Å². The number of ether oxygens (including phenoxy) is 1. The molecule has 1 nitrogen and oxygen atoms in total. The summed E-state index contributed by atoms with van der Waals surface area (Å²) in [7, 11) is 1.72. The van der Waals surface area contributed by atoms with Gasteiger partial charge in [-0.2, -0.15) is 0 Å². The molecule has 1 saturated carbocycles. The van der Waals surface area contributed by atoms with E-state index in [4.69, 9.17) is 16.3 Å². The van der Waals surface area contributed by atoms with Crippen molar-refractivity contribution in [2.75, 3.05) is 7.11 Å². The van der Waals surface area contributed by atoms with E-state index in [2.05, 4.69) is 15.9 Å². The van der Waals surface area contributed by atoms with E-state index in [1.54, 1.807) is 7.11 Å². The van der Waals surface area contributed by atoms with Crippen molar-refractivity contribution in [3.8, 4) is 5.75 Å². The van der Waals surface area contributed by atoms with Crippen LogP contribution in [0.1, 0.15) is 31.2 Å². The van der Waals surface area contributed by atoms with E-state index < -0.39 is 0 Å². The maximum absolute atomic E-state index is 6.06. The molecule has 1 aliphatic rings. The van der Waals surface area contributed by atoms with E-state index >= 15 is 0 Å². The van der Waals surface area contributed by atoms with Crippen molar-refractivity contribution in [3.63, 3.8) is 0 Å². The monoisotopic (exact) mass is 316 g/mol. The number of alkyl halides is 1. The van der Waals surface area contributed by atoms with Crippen molar-refractivity contribution < 1.29 is 4.74 Å². The highest BCUT2D eigenvalue weighted by Gasteiger charge is 2.23. The number of methoxy groups -OCH3 is 1. The molecule has 94 valence electrons. The van der Waals surface area contributed by atoms with Gasteiger partial charge in [0.1, 0.15) is 5.75 Å². The minimum Gasteiger partial charge on any atom is -0.496 e. The van der Waals surface area contributed by atoms with Crippen LogP contribution in [-0.4, -0.2) is 11.9 Å². The maximum Gasteiger partial charge on any atom is 0.122 e. The fourth-order valence-electron chi connectivity index (χ4n) is 2.58. The molecule has 2 unspecified atom stereocenters. The molecule has 3 heteroatoms. The van der Waals surface area contributed by atoms with Crippen LogP contribution in [0.5, 0.6) is 5.75 Å². The average Bonchev–Trinajstić information content (AvgIpc) is 2.32. The standard InChI is InChI=1S/C14H18BrClO/c1-17-14-7-6-12(16)9-11(14)8-10-4-2-3-5-13(10)15/h6-7,9-10,13H,2-5,8H2,1H3. The zero-order valence-electron chi connectivity index (χ0n) is 10.1. The second-order valence-corrected chi connectivity index (χ2v) is 6.33. The molecule has 0 N–H and O–H groups in total. The molecule has 2 atom stereocenters. The van der Waals surface area contributed by atoms with Gasteiger partial charge in [0.25, 0.3) is 0 Å². The molecule has 1 aromatic rings. The van der Waals surface area contributed by atoms with Crippen LogP contribution >= 0.6 is 27.5 Å². The summed E-state index contributed by atoms with van der Waals surface area (Å²) < 4.78 is 5.40. The SMILES string of the molecule is COc1ccc(Cl)cc1CC1CCCCC1Br. The predicted molar refractivity (Wildman–Crippen MR) is 76.4 cm³/mol. The van der Waals surface area contributed by atoms with Crippen molar-refractivity contribution >= 4 is 27.5 Å². The van der Waals surface area contributed by atoms with Gasteiger partial charge in [0.2, 0.25) is 0 Å². The Kier molecular flexibility index (Phi) is 4.75. The van der Waals surface area contributed by atoms with Crippen LogP contribution in [-0.2, 0) is 6.42 Å². The van der Waals surface area contributed by atoms with E-state index in [0.29, 0.717) is 10.7 Å². The van der Waals surface area contributed by atoms with E-state index in [0.717, 1.165) is 17.2 Å². The van der Waals surface area contributed by atoms with Crippen molar-refractivity contribution in [2.45, 2.75) is 36.9 Å². The highest BCUT2D eigenvalue weighted by molar-refractivity contribution is 9.09. The van der Waals surface area contributed by atoms with Crippen molar-refractivity contribution in [2.24, 2.45) is 5.92 Å². The first-order valence-electron chi connectivity index (χ1n) is 6.17. The Morgan fingerprint density at radius 2 is 2.12 bits per heavy atom. The van der Waals surface area contributed by atoms with Gasteiger partial charge in [-0.1, -0.05) is 40.4 Å². The van der Waals surface area contributed by atoms with Gasteiger partial charge in [0.05, 0.1) is 7.11 Å². The summed E-state index contributed by atoms with van der Waals surface area (Å²) in [5.41, 5.74) is 1.23. The zero-order chi connectivity index (χ0) is 12.3. The number of hydrogen-bond donors (Lipinski definition) is 0. The summed E-state index contributed by atoms with van der Waals surface area (Å²) in [4.78, 5) is 0.639. The third-order valence-electron chi connectivity index (χ3n) is 3.54. The minimum absolute atomic E-state index is 0.639. The van der Waals surface area contributed by atoms with Crippen LogP contribution in [0.2, 0.25) is 5.02 Å². The second kappa shape index (κ2) is 6.10. The Bertz CT molecular complexity index is 380. The fraction of sp³-hybridized carbons (Fsp3) is 0.571. The van der Waals surface area contributed by atoms with E-state index in [1.807, 2.05) is 18.2 Å². The molecule has 1 aliphatic carbocycles. The topological polar surface area (TPSA) is 9.23 Å². The van der Waals surface area contributed by atoms with Crippen LogP contribution in [0.4, 0.5) is 0 Å². The number of benzene rings is 1. The molecular weight excluding hydrogens is 300 g/mol. The largest absolute Gasteiger partial charge is 0.496 e. The van der Waals surface area contributed by atoms with Gasteiger partial charge in [0, 0.05) is 9.85 Å². The number of hydrogen-bond acceptors (Lipinski definition) is 1. The molecule has 17 heavy (non-hydrogen) atoms. The third kappa shape index (κ3) is 3.38. The lowest BCUT2D eigenvalue weighted by atomic mass is 9.84. The van der Waals surface area contributed by atoms with Crippen molar-refractivity contribution in [1.29, 1.82) is 0 Å². The molecule has 0 heterocycles. The van der Waals surface area contributed by atoms with Gasteiger partial charge < -0.3 is 4.74 Å². The molecule has 0 radical (unpaired) electrons. The summed E-state index contributed by atoms with van der Waals surface area (Å²) in [5, 5.41) is 0.794. The smallest absolute Gasteiger partial charge is 0.122 e. The second-order valence-electron chi connectivity index (χ2n) is 4.72. The molecule has 0 saturated heterocycles. The van der Waals surface area contributed by atoms with Crippen molar-refractivity contribution in [3.05, 3.63) is 28.8 Å². The lowest BCUT2D eigenvalue weighted by Gasteiger charge is -2.27. The Morgan fingerprint density at radius 3 is 2.82 bits per heavy atom. The average molecular weight is 318 g/mol. The summed E-state index contributed by atoms with van der Waals surface area (Å²) >= 11 is 9.86. The highest BCUT2D eigenvalue weighted by atomic mass is 79.9.